The highest BCUT2D eigenvalue weighted by Crippen LogP contribution is 2.39. The van der Waals surface area contributed by atoms with Crippen molar-refractivity contribution in [3.05, 3.63) is 40.8 Å². The van der Waals surface area contributed by atoms with Crippen LogP contribution in [0.25, 0.3) is 11.1 Å². The smallest absolute Gasteiger partial charge is 0.303 e. The van der Waals surface area contributed by atoms with Gasteiger partial charge in [0.25, 0.3) is 0 Å². The number of carbonyl (C=O) groups excluding carboxylic acids is 1. The van der Waals surface area contributed by atoms with Gasteiger partial charge in [-0.3, -0.25) is 9.59 Å². The maximum Gasteiger partial charge on any atom is 0.303 e. The molecule has 5 nitrogen and oxygen atoms in total. The van der Waals surface area contributed by atoms with Crippen LogP contribution in [0.1, 0.15) is 29.7 Å². The Labute approximate surface area is 138 Å². The quantitative estimate of drug-likeness (QED) is 0.844. The largest absolute Gasteiger partial charge is 0.481 e. The summed E-state index contributed by atoms with van der Waals surface area (Å²) in [4.78, 5) is 23.3. The van der Waals surface area contributed by atoms with Gasteiger partial charge in [0.1, 0.15) is 11.1 Å². The third-order valence-corrected chi connectivity index (χ3v) is 4.33. The lowest BCUT2D eigenvalue weighted by Crippen LogP contribution is -2.11. The fourth-order valence-electron chi connectivity index (χ4n) is 2.28. The third-order valence-electron chi connectivity index (χ3n) is 3.31. The first kappa shape index (κ1) is 16.7. The number of carboxylic acid groups (broad SMARTS) is 1. The summed E-state index contributed by atoms with van der Waals surface area (Å²) in [6.07, 6.45) is 0.352. The molecule has 0 atom stereocenters. The minimum atomic E-state index is -0.922. The highest BCUT2D eigenvalue weighted by Gasteiger charge is 2.18. The van der Waals surface area contributed by atoms with Crippen molar-refractivity contribution in [1.29, 1.82) is 5.26 Å². The van der Waals surface area contributed by atoms with Crippen LogP contribution in [0.4, 0.5) is 5.00 Å². The van der Waals surface area contributed by atoms with Crippen molar-refractivity contribution in [1.82, 2.24) is 0 Å². The lowest BCUT2D eigenvalue weighted by molar-refractivity contribution is -0.137. The molecule has 0 spiro atoms. The topological polar surface area (TPSA) is 90.2 Å². The van der Waals surface area contributed by atoms with Gasteiger partial charge in [-0.2, -0.15) is 5.26 Å². The van der Waals surface area contributed by atoms with Crippen LogP contribution in [0, 0.1) is 18.3 Å². The average Bonchev–Trinajstić information content (AvgIpc) is 2.82. The second-order valence-electron chi connectivity index (χ2n) is 5.01. The molecule has 2 rings (SSSR count). The number of nitrogens with zero attached hydrogens (tertiary/aromatic N) is 1. The van der Waals surface area contributed by atoms with Gasteiger partial charge in [0.2, 0.25) is 5.91 Å². The third kappa shape index (κ3) is 4.18. The Morgan fingerprint density at radius 3 is 2.57 bits per heavy atom. The number of anilines is 1. The zero-order valence-corrected chi connectivity index (χ0v) is 13.4. The molecule has 2 aromatic rings. The molecule has 0 radical (unpaired) electrons. The Bertz CT molecular complexity index is 760. The zero-order valence-electron chi connectivity index (χ0n) is 12.6. The molecule has 1 amide bonds. The average molecular weight is 328 g/mol. The molecule has 23 heavy (non-hydrogen) atoms. The number of aryl methyl sites for hydroxylation is 1. The number of rotatable bonds is 6. The number of carbonyl (C=O) groups is 2. The van der Waals surface area contributed by atoms with Crippen LogP contribution < -0.4 is 5.32 Å². The van der Waals surface area contributed by atoms with E-state index >= 15 is 0 Å². The van der Waals surface area contributed by atoms with E-state index in [4.69, 9.17) is 5.11 Å². The second-order valence-corrected chi connectivity index (χ2v) is 6.24. The molecule has 0 fully saturated rings. The van der Waals surface area contributed by atoms with Gasteiger partial charge in [-0.25, -0.2) is 0 Å². The molecule has 0 aliphatic heterocycles. The normalized spacial score (nSPS) is 10.1. The number of thiophene rings is 1. The van der Waals surface area contributed by atoms with Crippen LogP contribution in [-0.4, -0.2) is 17.0 Å². The van der Waals surface area contributed by atoms with E-state index in [0.29, 0.717) is 10.6 Å². The first-order valence-electron chi connectivity index (χ1n) is 7.13. The maximum atomic E-state index is 11.9. The summed E-state index contributed by atoms with van der Waals surface area (Å²) in [6.45, 7) is 1.91. The van der Waals surface area contributed by atoms with Crippen molar-refractivity contribution in [2.45, 2.75) is 26.2 Å². The van der Waals surface area contributed by atoms with Crippen LogP contribution in [0.5, 0.6) is 0 Å². The van der Waals surface area contributed by atoms with Crippen molar-refractivity contribution >= 4 is 28.2 Å². The molecule has 0 bridgehead atoms. The summed E-state index contributed by atoms with van der Waals surface area (Å²) >= 11 is 1.36. The van der Waals surface area contributed by atoms with E-state index in [0.717, 1.165) is 16.0 Å². The summed E-state index contributed by atoms with van der Waals surface area (Å²) in [5.74, 6) is -1.20. The minimum absolute atomic E-state index is 0.0444. The Morgan fingerprint density at radius 2 is 1.96 bits per heavy atom. The molecule has 2 N–H and O–H groups in total. The van der Waals surface area contributed by atoms with Crippen molar-refractivity contribution in [2.75, 3.05) is 5.32 Å². The number of hydrogen-bond acceptors (Lipinski definition) is 4. The van der Waals surface area contributed by atoms with E-state index in [9.17, 15) is 14.9 Å². The standard InChI is InChI=1S/C17H16N2O3S/c1-11-16(12-6-3-2-4-7-12)13(10-18)17(23-11)19-14(20)8-5-9-15(21)22/h2-4,6-7H,5,8-9H2,1H3,(H,19,20)(H,21,22). The molecule has 1 aromatic heterocycles. The molecule has 118 valence electrons. The van der Waals surface area contributed by atoms with Gasteiger partial charge >= 0.3 is 5.97 Å². The lowest BCUT2D eigenvalue weighted by atomic mass is 10.0. The monoisotopic (exact) mass is 328 g/mol. The Balaban J connectivity index is 2.20. The van der Waals surface area contributed by atoms with Gasteiger partial charge in [-0.1, -0.05) is 30.3 Å². The molecule has 0 saturated heterocycles. The number of benzene rings is 1. The van der Waals surface area contributed by atoms with E-state index in [1.54, 1.807) is 0 Å². The van der Waals surface area contributed by atoms with Crippen molar-refractivity contribution < 1.29 is 14.7 Å². The SMILES string of the molecule is Cc1sc(NC(=O)CCCC(=O)O)c(C#N)c1-c1ccccc1. The van der Waals surface area contributed by atoms with Crippen molar-refractivity contribution in [3.63, 3.8) is 0 Å². The number of nitrogens with one attached hydrogen (secondary N) is 1. The predicted molar refractivity (Wildman–Crippen MR) is 89.3 cm³/mol. The van der Waals surface area contributed by atoms with E-state index in [-0.39, 0.29) is 25.2 Å². The number of amides is 1. The van der Waals surface area contributed by atoms with Crippen molar-refractivity contribution in [2.24, 2.45) is 0 Å². The van der Waals surface area contributed by atoms with Crippen LogP contribution in [-0.2, 0) is 9.59 Å². The lowest BCUT2D eigenvalue weighted by Gasteiger charge is -2.04. The maximum absolute atomic E-state index is 11.9. The fourth-order valence-corrected chi connectivity index (χ4v) is 3.32. The number of hydrogen-bond donors (Lipinski definition) is 2. The zero-order chi connectivity index (χ0) is 16.8. The van der Waals surface area contributed by atoms with E-state index in [1.165, 1.54) is 11.3 Å². The van der Waals surface area contributed by atoms with Gasteiger partial charge < -0.3 is 10.4 Å². The molecule has 0 unspecified atom stereocenters. The first-order chi connectivity index (χ1) is 11.0. The van der Waals surface area contributed by atoms with Gasteiger partial charge in [-0.05, 0) is 18.9 Å². The van der Waals surface area contributed by atoms with E-state index < -0.39 is 5.97 Å². The molecule has 0 saturated carbocycles. The Morgan fingerprint density at radius 1 is 1.26 bits per heavy atom. The van der Waals surface area contributed by atoms with E-state index in [1.807, 2.05) is 37.3 Å². The minimum Gasteiger partial charge on any atom is -0.481 e. The summed E-state index contributed by atoms with van der Waals surface area (Å²) in [6, 6.07) is 11.7. The Kier molecular flexibility index (Phi) is 5.50. The van der Waals surface area contributed by atoms with Crippen LogP contribution in [0.3, 0.4) is 0 Å². The molecular formula is C17H16N2O3S. The van der Waals surface area contributed by atoms with Gasteiger partial charge in [-0.15, -0.1) is 11.3 Å². The molecule has 1 aromatic carbocycles. The van der Waals surface area contributed by atoms with Gasteiger partial charge in [0.15, 0.2) is 0 Å². The highest BCUT2D eigenvalue weighted by molar-refractivity contribution is 7.17. The fraction of sp³-hybridized carbons (Fsp3) is 0.235. The first-order valence-corrected chi connectivity index (χ1v) is 7.95. The van der Waals surface area contributed by atoms with Gasteiger partial charge in [0, 0.05) is 23.3 Å². The van der Waals surface area contributed by atoms with Crippen molar-refractivity contribution in [3.8, 4) is 17.2 Å². The number of carboxylic acids is 1. The second kappa shape index (κ2) is 7.56. The van der Waals surface area contributed by atoms with Gasteiger partial charge in [0.05, 0.1) is 5.56 Å². The Hall–Kier alpha value is -2.65. The van der Waals surface area contributed by atoms with Crippen LogP contribution in [0.2, 0.25) is 0 Å². The van der Waals surface area contributed by atoms with E-state index in [2.05, 4.69) is 11.4 Å². The summed E-state index contributed by atoms with van der Waals surface area (Å²) in [5.41, 5.74) is 2.22. The summed E-state index contributed by atoms with van der Waals surface area (Å²) in [5, 5.41) is 21.3. The van der Waals surface area contributed by atoms with Crippen LogP contribution >= 0.6 is 11.3 Å². The molecule has 0 aliphatic carbocycles. The summed E-state index contributed by atoms with van der Waals surface area (Å²) < 4.78 is 0. The summed E-state index contributed by atoms with van der Waals surface area (Å²) in [7, 11) is 0. The molecule has 6 heteroatoms. The van der Waals surface area contributed by atoms with Crippen LogP contribution in [0.15, 0.2) is 30.3 Å². The highest BCUT2D eigenvalue weighted by atomic mass is 32.1. The molecule has 1 heterocycles. The number of aliphatic carboxylic acids is 1. The number of nitriles is 1. The molecule has 0 aliphatic rings. The molecular weight excluding hydrogens is 312 g/mol. The predicted octanol–water partition coefficient (Wildman–Crippen LogP) is 3.79.